The second-order valence-electron chi connectivity index (χ2n) is 9.33. The van der Waals surface area contributed by atoms with Crippen LogP contribution in [0.1, 0.15) is 40.7 Å². The van der Waals surface area contributed by atoms with Crippen LogP contribution in [-0.2, 0) is 29.0 Å². The van der Waals surface area contributed by atoms with Crippen LogP contribution in [0.2, 0.25) is 0 Å². The molecule has 0 aliphatic carbocycles. The van der Waals surface area contributed by atoms with Crippen LogP contribution in [-0.4, -0.2) is 40.4 Å². The molecule has 5 rings (SSSR count). The Balaban J connectivity index is 1.60. The molecule has 3 aromatic rings. The maximum atomic E-state index is 13.2. The average Bonchev–Trinajstić information content (AvgIpc) is 3.22. The minimum Gasteiger partial charge on any atom is -0.338 e. The van der Waals surface area contributed by atoms with Crippen molar-refractivity contribution in [2.24, 2.45) is 10.7 Å². The van der Waals surface area contributed by atoms with E-state index in [2.05, 4.69) is 5.32 Å². The number of nitrogens with two attached hydrogens (primary N) is 1. The molecule has 1 atom stereocenters. The molecule has 2 heterocycles. The number of hydrogen-bond donors (Lipinski definition) is 2. The van der Waals surface area contributed by atoms with Gasteiger partial charge in [-0.2, -0.15) is 0 Å². The Bertz CT molecular complexity index is 1430. The Hall–Kier alpha value is -4.37. The largest absolute Gasteiger partial charge is 0.338 e. The molecule has 0 aromatic heterocycles. The Kier molecular flexibility index (Phi) is 6.54. The van der Waals surface area contributed by atoms with Crippen LogP contribution < -0.4 is 11.1 Å². The average molecular weight is 498 g/mol. The zero-order chi connectivity index (χ0) is 26.1. The third-order valence-electron chi connectivity index (χ3n) is 6.93. The van der Waals surface area contributed by atoms with Crippen LogP contribution >= 0.6 is 0 Å². The van der Waals surface area contributed by atoms with Gasteiger partial charge in [-0.15, -0.1) is 0 Å². The van der Waals surface area contributed by atoms with Gasteiger partial charge >= 0.3 is 0 Å². The van der Waals surface area contributed by atoms with E-state index in [4.69, 9.17) is 10.7 Å². The minimum atomic E-state index is -0.806. The predicted molar refractivity (Wildman–Crippen MR) is 141 cm³/mol. The van der Waals surface area contributed by atoms with Crippen LogP contribution in [0.25, 0.3) is 0 Å². The van der Waals surface area contributed by atoms with Gasteiger partial charge in [0.2, 0.25) is 11.8 Å². The number of fused-ring (bicyclic) bond motifs is 2. The summed E-state index contributed by atoms with van der Waals surface area (Å²) in [7, 11) is 0. The molecule has 0 fully saturated rings. The van der Waals surface area contributed by atoms with Crippen LogP contribution in [0.3, 0.4) is 0 Å². The summed E-state index contributed by atoms with van der Waals surface area (Å²) in [5.74, 6) is -1.04. The zero-order valence-corrected chi connectivity index (χ0v) is 20.4. The summed E-state index contributed by atoms with van der Waals surface area (Å²) < 4.78 is 0. The SMILES string of the molecule is CC(=O)N1CCc2cc(N=C(c3ccc(CCN)cc3)C3C(=O)Nc4ccc([N+](=O)[O-])cc43)ccc2C1. The van der Waals surface area contributed by atoms with E-state index in [-0.39, 0.29) is 17.5 Å². The van der Waals surface area contributed by atoms with Crippen LogP contribution in [0, 0.1) is 10.1 Å². The smallest absolute Gasteiger partial charge is 0.269 e. The standard InChI is InChI=1S/C28H27N5O4/c1-17(34)32-13-11-20-14-22(7-6-21(20)16-32)30-27(19-4-2-18(3-5-19)10-12-29)26-24-15-23(33(36)37)8-9-25(24)31-28(26)35/h2-9,14-15,26H,10-13,16,29H2,1H3,(H,31,35). The molecule has 3 N–H and O–H groups in total. The molecule has 0 saturated carbocycles. The molecule has 2 aliphatic rings. The lowest BCUT2D eigenvalue weighted by molar-refractivity contribution is -0.384. The van der Waals surface area contributed by atoms with E-state index in [1.54, 1.807) is 13.0 Å². The lowest BCUT2D eigenvalue weighted by Crippen LogP contribution is -2.34. The van der Waals surface area contributed by atoms with Crippen molar-refractivity contribution < 1.29 is 14.5 Å². The van der Waals surface area contributed by atoms with Gasteiger partial charge in [0.1, 0.15) is 5.92 Å². The highest BCUT2D eigenvalue weighted by molar-refractivity contribution is 6.24. The Labute approximate surface area is 214 Å². The molecule has 0 saturated heterocycles. The summed E-state index contributed by atoms with van der Waals surface area (Å²) in [5, 5.41) is 14.3. The number of carbonyl (C=O) groups excluding carboxylic acids is 2. The molecule has 9 nitrogen and oxygen atoms in total. The maximum absolute atomic E-state index is 13.2. The Morgan fingerprint density at radius 1 is 1.14 bits per heavy atom. The number of rotatable bonds is 6. The summed E-state index contributed by atoms with van der Waals surface area (Å²) >= 11 is 0. The normalized spacial score (nSPS) is 16.7. The number of non-ortho nitro benzene ring substituents is 1. The highest BCUT2D eigenvalue weighted by Crippen LogP contribution is 2.38. The summed E-state index contributed by atoms with van der Waals surface area (Å²) in [6.07, 6.45) is 1.45. The summed E-state index contributed by atoms with van der Waals surface area (Å²) in [5.41, 5.74) is 11.9. The number of carbonyl (C=O) groups is 2. The van der Waals surface area contributed by atoms with Gasteiger partial charge in [0.15, 0.2) is 0 Å². The Morgan fingerprint density at radius 3 is 2.62 bits per heavy atom. The number of aliphatic imine (C=N–C) groups is 1. The second kappa shape index (κ2) is 9.94. The van der Waals surface area contributed by atoms with Crippen LogP contribution in [0.5, 0.6) is 0 Å². The molecular weight excluding hydrogens is 470 g/mol. The molecular formula is C28H27N5O4. The first-order valence-corrected chi connectivity index (χ1v) is 12.2. The molecule has 0 radical (unpaired) electrons. The fraction of sp³-hybridized carbons (Fsp3) is 0.250. The molecule has 1 unspecified atom stereocenters. The quantitative estimate of drug-likeness (QED) is 0.303. The van der Waals surface area contributed by atoms with E-state index in [0.717, 1.165) is 35.1 Å². The van der Waals surface area contributed by atoms with E-state index in [1.807, 2.05) is 47.4 Å². The highest BCUT2D eigenvalue weighted by Gasteiger charge is 2.36. The third-order valence-corrected chi connectivity index (χ3v) is 6.93. The first kappa shape index (κ1) is 24.3. The van der Waals surface area contributed by atoms with Crippen molar-refractivity contribution in [3.63, 3.8) is 0 Å². The maximum Gasteiger partial charge on any atom is 0.269 e. The Morgan fingerprint density at radius 2 is 1.92 bits per heavy atom. The lowest BCUT2D eigenvalue weighted by Gasteiger charge is -2.28. The first-order chi connectivity index (χ1) is 17.8. The predicted octanol–water partition coefficient (Wildman–Crippen LogP) is 3.86. The van der Waals surface area contributed by atoms with Gasteiger partial charge in [-0.25, -0.2) is 0 Å². The number of nitrogens with zero attached hydrogens (tertiary/aromatic N) is 3. The van der Waals surface area contributed by atoms with E-state index in [0.29, 0.717) is 42.3 Å². The second-order valence-corrected chi connectivity index (χ2v) is 9.33. The van der Waals surface area contributed by atoms with Crippen molar-refractivity contribution in [3.8, 4) is 0 Å². The fourth-order valence-corrected chi connectivity index (χ4v) is 4.96. The van der Waals surface area contributed by atoms with Crippen LogP contribution in [0.15, 0.2) is 65.7 Å². The van der Waals surface area contributed by atoms with Crippen molar-refractivity contribution >= 4 is 34.6 Å². The number of anilines is 1. The summed E-state index contributed by atoms with van der Waals surface area (Å²) in [4.78, 5) is 42.8. The van der Waals surface area contributed by atoms with Crippen molar-refractivity contribution in [3.05, 3.63) is 98.6 Å². The van der Waals surface area contributed by atoms with Gasteiger partial charge in [0.05, 0.1) is 16.3 Å². The number of hydrogen-bond acceptors (Lipinski definition) is 6. The number of nitro benzene ring substituents is 1. The number of amides is 2. The molecule has 37 heavy (non-hydrogen) atoms. The zero-order valence-electron chi connectivity index (χ0n) is 20.4. The molecule has 2 aliphatic heterocycles. The van der Waals surface area contributed by atoms with Gasteiger partial charge in [-0.3, -0.25) is 24.7 Å². The van der Waals surface area contributed by atoms with Crippen molar-refractivity contribution in [2.75, 3.05) is 18.4 Å². The monoisotopic (exact) mass is 497 g/mol. The van der Waals surface area contributed by atoms with E-state index in [9.17, 15) is 19.7 Å². The van der Waals surface area contributed by atoms with Gasteiger partial charge in [-0.05, 0) is 59.8 Å². The first-order valence-electron chi connectivity index (χ1n) is 12.2. The molecule has 0 spiro atoms. The molecule has 188 valence electrons. The number of nitro groups is 1. The molecule has 0 bridgehead atoms. The van der Waals surface area contributed by atoms with Crippen molar-refractivity contribution in [2.45, 2.75) is 32.2 Å². The minimum absolute atomic E-state index is 0.0492. The van der Waals surface area contributed by atoms with E-state index >= 15 is 0 Å². The molecule has 3 aromatic carbocycles. The van der Waals surface area contributed by atoms with E-state index in [1.165, 1.54) is 12.1 Å². The van der Waals surface area contributed by atoms with Gasteiger partial charge < -0.3 is 16.0 Å². The topological polar surface area (TPSA) is 131 Å². The van der Waals surface area contributed by atoms with Gasteiger partial charge in [0.25, 0.3) is 5.69 Å². The van der Waals surface area contributed by atoms with E-state index < -0.39 is 10.8 Å². The van der Waals surface area contributed by atoms with Crippen molar-refractivity contribution in [1.29, 1.82) is 0 Å². The number of benzene rings is 3. The van der Waals surface area contributed by atoms with Gasteiger partial charge in [0, 0.05) is 43.4 Å². The lowest BCUT2D eigenvalue weighted by atomic mass is 9.89. The van der Waals surface area contributed by atoms with Crippen LogP contribution in [0.4, 0.5) is 17.1 Å². The summed E-state index contributed by atoms with van der Waals surface area (Å²) in [6, 6.07) is 18.0. The fourth-order valence-electron chi connectivity index (χ4n) is 4.96. The van der Waals surface area contributed by atoms with Gasteiger partial charge in [-0.1, -0.05) is 30.3 Å². The highest BCUT2D eigenvalue weighted by atomic mass is 16.6. The number of nitrogens with one attached hydrogen (secondary N) is 1. The summed E-state index contributed by atoms with van der Waals surface area (Å²) in [6.45, 7) is 3.31. The molecule has 2 amide bonds. The van der Waals surface area contributed by atoms with Crippen molar-refractivity contribution in [1.82, 2.24) is 4.90 Å². The third kappa shape index (κ3) is 4.85. The molecule has 9 heteroatoms.